The summed E-state index contributed by atoms with van der Waals surface area (Å²) < 4.78 is 0. The lowest BCUT2D eigenvalue weighted by Crippen LogP contribution is -2.19. The minimum atomic E-state index is -1.04. The molecule has 82 valence electrons. The topological polar surface area (TPSA) is 57.6 Å². The van der Waals surface area contributed by atoms with Crippen LogP contribution in [0.3, 0.4) is 0 Å². The van der Waals surface area contributed by atoms with E-state index in [4.69, 9.17) is 5.11 Å². The molecule has 1 heterocycles. The molecule has 0 aromatic heterocycles. The Balaban J connectivity index is 2.31. The first-order valence-corrected chi connectivity index (χ1v) is 4.90. The summed E-state index contributed by atoms with van der Waals surface area (Å²) in [7, 11) is 0. The van der Waals surface area contributed by atoms with Gasteiger partial charge in [-0.2, -0.15) is 0 Å². The van der Waals surface area contributed by atoms with E-state index in [-0.39, 0.29) is 17.9 Å². The summed E-state index contributed by atoms with van der Waals surface area (Å²) in [5.41, 5.74) is 1.93. The predicted molar refractivity (Wildman–Crippen MR) is 59.0 cm³/mol. The summed E-state index contributed by atoms with van der Waals surface area (Å²) in [6.45, 7) is 1.95. The molecule has 0 atom stereocenters. The van der Waals surface area contributed by atoms with E-state index in [2.05, 4.69) is 0 Å². The molecule has 0 saturated heterocycles. The maximum atomic E-state index is 11.6. The van der Waals surface area contributed by atoms with Crippen LogP contribution >= 0.6 is 0 Å². The van der Waals surface area contributed by atoms with Crippen LogP contribution in [0.15, 0.2) is 36.0 Å². The third-order valence-electron chi connectivity index (χ3n) is 2.48. The average molecular weight is 217 g/mol. The van der Waals surface area contributed by atoms with E-state index < -0.39 is 5.97 Å². The van der Waals surface area contributed by atoms with Crippen LogP contribution in [-0.2, 0) is 9.59 Å². The zero-order valence-electron chi connectivity index (χ0n) is 8.80. The van der Waals surface area contributed by atoms with Gasteiger partial charge >= 0.3 is 5.97 Å². The van der Waals surface area contributed by atoms with Gasteiger partial charge in [-0.1, -0.05) is 17.7 Å². The number of benzene rings is 1. The van der Waals surface area contributed by atoms with Gasteiger partial charge in [0.25, 0.3) is 0 Å². The van der Waals surface area contributed by atoms with Crippen LogP contribution in [0.5, 0.6) is 0 Å². The van der Waals surface area contributed by atoms with E-state index in [1.807, 2.05) is 19.1 Å². The Kier molecular flexibility index (Phi) is 2.48. The minimum Gasteiger partial charge on any atom is -0.478 e. The fourth-order valence-electron chi connectivity index (χ4n) is 1.58. The van der Waals surface area contributed by atoms with E-state index in [1.165, 1.54) is 11.1 Å². The van der Waals surface area contributed by atoms with Crippen LogP contribution in [0.4, 0.5) is 5.69 Å². The van der Waals surface area contributed by atoms with Crippen molar-refractivity contribution in [3.05, 3.63) is 41.6 Å². The Morgan fingerprint density at radius 1 is 1.31 bits per heavy atom. The highest BCUT2D eigenvalue weighted by atomic mass is 16.4. The predicted octanol–water partition coefficient (Wildman–Crippen LogP) is 1.70. The maximum absolute atomic E-state index is 11.6. The molecule has 0 saturated carbocycles. The van der Waals surface area contributed by atoms with Crippen LogP contribution in [-0.4, -0.2) is 17.0 Å². The first-order valence-electron chi connectivity index (χ1n) is 4.90. The van der Waals surface area contributed by atoms with Crippen LogP contribution in [0, 0.1) is 6.92 Å². The largest absolute Gasteiger partial charge is 0.478 e. The van der Waals surface area contributed by atoms with E-state index in [0.717, 1.165) is 5.56 Å². The van der Waals surface area contributed by atoms with Crippen molar-refractivity contribution in [2.75, 3.05) is 4.90 Å². The molecule has 0 radical (unpaired) electrons. The van der Waals surface area contributed by atoms with Crippen LogP contribution in [0.25, 0.3) is 0 Å². The van der Waals surface area contributed by atoms with Gasteiger partial charge < -0.3 is 5.11 Å². The third-order valence-corrected chi connectivity index (χ3v) is 2.48. The highest BCUT2D eigenvalue weighted by molar-refractivity contribution is 6.07. The number of amides is 1. The number of nitrogens with zero attached hydrogens (tertiary/aromatic N) is 1. The minimum absolute atomic E-state index is 0.0385. The van der Waals surface area contributed by atoms with E-state index in [9.17, 15) is 9.59 Å². The van der Waals surface area contributed by atoms with Gasteiger partial charge in [0.15, 0.2) is 0 Å². The Morgan fingerprint density at radius 2 is 1.94 bits per heavy atom. The molecule has 0 aliphatic carbocycles. The average Bonchev–Trinajstić information content (AvgIpc) is 2.62. The second-order valence-corrected chi connectivity index (χ2v) is 3.74. The van der Waals surface area contributed by atoms with Crippen molar-refractivity contribution >= 4 is 17.6 Å². The quantitative estimate of drug-likeness (QED) is 0.820. The standard InChI is InChI=1S/C12H11NO3/c1-8-2-4-10(5-3-8)13-7-9(12(15)16)6-11(13)14/h2-5,7H,6H2,1H3,(H,15,16). The summed E-state index contributed by atoms with van der Waals surface area (Å²) in [6.07, 6.45) is 1.35. The molecule has 1 aliphatic rings. The zero-order chi connectivity index (χ0) is 11.7. The molecular weight excluding hydrogens is 206 g/mol. The number of carboxylic acid groups (broad SMARTS) is 1. The molecule has 1 amide bonds. The summed E-state index contributed by atoms with van der Waals surface area (Å²) >= 11 is 0. The van der Waals surface area contributed by atoms with Gasteiger partial charge in [-0.25, -0.2) is 4.79 Å². The molecule has 1 aliphatic heterocycles. The number of carboxylic acids is 1. The molecule has 16 heavy (non-hydrogen) atoms. The second kappa shape index (κ2) is 3.81. The van der Waals surface area contributed by atoms with Gasteiger partial charge in [-0.3, -0.25) is 9.69 Å². The van der Waals surface area contributed by atoms with Crippen LogP contribution in [0.2, 0.25) is 0 Å². The van der Waals surface area contributed by atoms with E-state index in [1.54, 1.807) is 12.1 Å². The monoisotopic (exact) mass is 217 g/mol. The van der Waals surface area contributed by atoms with Crippen LogP contribution in [0.1, 0.15) is 12.0 Å². The highest BCUT2D eigenvalue weighted by Gasteiger charge is 2.26. The summed E-state index contributed by atoms with van der Waals surface area (Å²) in [6, 6.07) is 7.37. The van der Waals surface area contributed by atoms with Gasteiger partial charge in [0.2, 0.25) is 5.91 Å². The fraction of sp³-hybridized carbons (Fsp3) is 0.167. The summed E-state index contributed by atoms with van der Waals surface area (Å²) in [4.78, 5) is 23.7. The Morgan fingerprint density at radius 3 is 2.44 bits per heavy atom. The Bertz CT molecular complexity index is 474. The molecule has 1 N–H and O–H groups in total. The molecule has 1 aromatic rings. The van der Waals surface area contributed by atoms with Crippen molar-refractivity contribution in [2.24, 2.45) is 0 Å². The number of aliphatic carboxylic acids is 1. The molecule has 0 spiro atoms. The number of carbonyl (C=O) groups is 2. The zero-order valence-corrected chi connectivity index (χ0v) is 8.80. The second-order valence-electron chi connectivity index (χ2n) is 3.74. The number of rotatable bonds is 2. The molecular formula is C12H11NO3. The molecule has 0 unspecified atom stereocenters. The number of anilines is 1. The maximum Gasteiger partial charge on any atom is 0.333 e. The van der Waals surface area contributed by atoms with Gasteiger partial charge in [0, 0.05) is 11.9 Å². The van der Waals surface area contributed by atoms with Crippen molar-refractivity contribution < 1.29 is 14.7 Å². The van der Waals surface area contributed by atoms with Crippen LogP contribution < -0.4 is 4.90 Å². The van der Waals surface area contributed by atoms with Gasteiger partial charge in [-0.05, 0) is 19.1 Å². The molecule has 0 bridgehead atoms. The molecule has 0 fully saturated rings. The van der Waals surface area contributed by atoms with Crippen molar-refractivity contribution in [2.45, 2.75) is 13.3 Å². The number of carbonyl (C=O) groups excluding carboxylic acids is 1. The van der Waals surface area contributed by atoms with E-state index >= 15 is 0 Å². The molecule has 2 rings (SSSR count). The Labute approximate surface area is 92.8 Å². The molecule has 4 heteroatoms. The van der Waals surface area contributed by atoms with Crippen molar-refractivity contribution in [1.29, 1.82) is 0 Å². The van der Waals surface area contributed by atoms with Gasteiger partial charge in [0.1, 0.15) is 0 Å². The van der Waals surface area contributed by atoms with Crippen molar-refractivity contribution in [1.82, 2.24) is 0 Å². The molecule has 4 nitrogen and oxygen atoms in total. The van der Waals surface area contributed by atoms with Gasteiger partial charge in [0.05, 0.1) is 12.0 Å². The first-order chi connectivity index (χ1) is 7.58. The van der Waals surface area contributed by atoms with E-state index in [0.29, 0.717) is 5.69 Å². The molecule has 1 aromatic carbocycles. The summed E-state index contributed by atoms with van der Waals surface area (Å²) in [5, 5.41) is 8.79. The Hall–Kier alpha value is -2.10. The van der Waals surface area contributed by atoms with Crippen molar-refractivity contribution in [3.8, 4) is 0 Å². The lowest BCUT2D eigenvalue weighted by Gasteiger charge is -2.13. The third kappa shape index (κ3) is 1.82. The summed E-state index contributed by atoms with van der Waals surface area (Å²) in [5.74, 6) is -1.25. The van der Waals surface area contributed by atoms with Crippen molar-refractivity contribution in [3.63, 3.8) is 0 Å². The van der Waals surface area contributed by atoms with Gasteiger partial charge in [-0.15, -0.1) is 0 Å². The number of hydrogen-bond donors (Lipinski definition) is 1. The normalized spacial score (nSPS) is 15.2. The lowest BCUT2D eigenvalue weighted by molar-refractivity contribution is -0.133. The number of aryl methyl sites for hydroxylation is 1. The smallest absolute Gasteiger partial charge is 0.333 e. The highest BCUT2D eigenvalue weighted by Crippen LogP contribution is 2.24. The lowest BCUT2D eigenvalue weighted by atomic mass is 10.2. The fourth-order valence-corrected chi connectivity index (χ4v) is 1.58. The first kappa shape index (κ1) is 10.4. The number of hydrogen-bond acceptors (Lipinski definition) is 2. The SMILES string of the molecule is Cc1ccc(N2C=C(C(=O)O)CC2=O)cc1.